The van der Waals surface area contributed by atoms with E-state index in [9.17, 15) is 13.6 Å². The van der Waals surface area contributed by atoms with Crippen molar-refractivity contribution in [3.63, 3.8) is 0 Å². The summed E-state index contributed by atoms with van der Waals surface area (Å²) >= 11 is 0. The minimum absolute atomic E-state index is 0.0531. The van der Waals surface area contributed by atoms with Crippen LogP contribution in [0.4, 0.5) is 8.78 Å². The summed E-state index contributed by atoms with van der Waals surface area (Å²) in [6.45, 7) is 4.03. The molecule has 1 aliphatic rings. The van der Waals surface area contributed by atoms with Crippen molar-refractivity contribution in [2.75, 3.05) is 39.3 Å². The fourth-order valence-electron chi connectivity index (χ4n) is 2.90. The Morgan fingerprint density at radius 1 is 1.30 bits per heavy atom. The molecule has 1 saturated heterocycles. The smallest absolute Gasteiger partial charge is 0.387 e. The monoisotopic (exact) mass is 380 g/mol. The number of ether oxygens (including phenoxy) is 1. The quantitative estimate of drug-likeness (QED) is 0.740. The van der Waals surface area contributed by atoms with Crippen LogP contribution in [0.15, 0.2) is 24.3 Å². The minimum atomic E-state index is -2.87. The van der Waals surface area contributed by atoms with Gasteiger partial charge in [-0.3, -0.25) is 9.69 Å². The average Bonchev–Trinajstić information content (AvgIpc) is 3.04. The van der Waals surface area contributed by atoms with Gasteiger partial charge in [-0.1, -0.05) is 5.21 Å². The van der Waals surface area contributed by atoms with Crippen LogP contribution in [-0.2, 0) is 0 Å². The molecule has 0 atom stereocenters. The van der Waals surface area contributed by atoms with E-state index >= 15 is 0 Å². The Morgan fingerprint density at radius 2 is 2.00 bits per heavy atom. The van der Waals surface area contributed by atoms with E-state index < -0.39 is 6.61 Å². The largest absolute Gasteiger partial charge is 0.435 e. The summed E-state index contributed by atoms with van der Waals surface area (Å²) in [4.78, 5) is 14.6. The first-order chi connectivity index (χ1) is 13.0. The van der Waals surface area contributed by atoms with Gasteiger partial charge in [0.15, 0.2) is 5.69 Å². The number of nitrogens with zero attached hydrogens (tertiary/aromatic N) is 4. The van der Waals surface area contributed by atoms with Crippen molar-refractivity contribution in [3.8, 4) is 11.4 Å². The van der Waals surface area contributed by atoms with Crippen LogP contribution in [0.3, 0.4) is 0 Å². The predicted octanol–water partition coefficient (Wildman–Crippen LogP) is 0.812. The lowest BCUT2D eigenvalue weighted by molar-refractivity contribution is -0.0498. The van der Waals surface area contributed by atoms with E-state index in [0.717, 1.165) is 32.7 Å². The molecule has 8 nitrogen and oxygen atoms in total. The van der Waals surface area contributed by atoms with E-state index in [2.05, 4.69) is 30.6 Å². The number of carbonyl (C=O) groups excluding carboxylic acids is 1. The van der Waals surface area contributed by atoms with E-state index in [0.29, 0.717) is 17.9 Å². The molecule has 1 aliphatic heterocycles. The summed E-state index contributed by atoms with van der Waals surface area (Å²) in [7, 11) is 0. The number of rotatable bonds is 7. The Labute approximate surface area is 155 Å². The molecule has 0 radical (unpaired) electrons. The third-order valence-corrected chi connectivity index (χ3v) is 4.34. The molecule has 146 valence electrons. The molecule has 3 rings (SSSR count). The second-order valence-corrected chi connectivity index (χ2v) is 6.16. The lowest BCUT2D eigenvalue weighted by Gasteiger charge is -2.26. The zero-order chi connectivity index (χ0) is 19.2. The molecule has 0 bridgehead atoms. The van der Waals surface area contributed by atoms with E-state index in [4.69, 9.17) is 0 Å². The molecule has 10 heteroatoms. The number of aromatic nitrogens is 3. The van der Waals surface area contributed by atoms with Crippen LogP contribution < -0.4 is 15.4 Å². The summed E-state index contributed by atoms with van der Waals surface area (Å²) in [6.07, 6.45) is 0. The van der Waals surface area contributed by atoms with Crippen molar-refractivity contribution in [3.05, 3.63) is 35.7 Å². The minimum Gasteiger partial charge on any atom is -0.435 e. The van der Waals surface area contributed by atoms with Gasteiger partial charge in [0.25, 0.3) is 5.91 Å². The number of carbonyl (C=O) groups is 1. The number of hydrogen-bond acceptors (Lipinski definition) is 6. The fourth-order valence-corrected chi connectivity index (χ4v) is 2.90. The molecule has 0 unspecified atom stereocenters. The molecule has 0 saturated carbocycles. The maximum atomic E-state index is 12.4. The molecular formula is C17H22F2N6O2. The lowest BCUT2D eigenvalue weighted by Crippen LogP contribution is -2.46. The zero-order valence-corrected chi connectivity index (χ0v) is 15.0. The van der Waals surface area contributed by atoms with Gasteiger partial charge in [0.05, 0.1) is 11.4 Å². The van der Waals surface area contributed by atoms with Crippen LogP contribution in [0.1, 0.15) is 16.2 Å². The van der Waals surface area contributed by atoms with Crippen molar-refractivity contribution in [2.24, 2.45) is 0 Å². The third kappa shape index (κ3) is 4.98. The van der Waals surface area contributed by atoms with Gasteiger partial charge in [-0.25, -0.2) is 4.68 Å². The number of amides is 1. The van der Waals surface area contributed by atoms with Gasteiger partial charge in [-0.15, -0.1) is 5.10 Å². The van der Waals surface area contributed by atoms with Crippen LogP contribution in [0.25, 0.3) is 5.69 Å². The van der Waals surface area contributed by atoms with E-state index in [-0.39, 0.29) is 17.4 Å². The highest BCUT2D eigenvalue weighted by Crippen LogP contribution is 2.18. The van der Waals surface area contributed by atoms with Crippen molar-refractivity contribution in [1.82, 2.24) is 30.5 Å². The van der Waals surface area contributed by atoms with Crippen molar-refractivity contribution < 1.29 is 18.3 Å². The normalized spacial score (nSPS) is 15.1. The molecule has 2 N–H and O–H groups in total. The van der Waals surface area contributed by atoms with Gasteiger partial charge in [0, 0.05) is 39.3 Å². The van der Waals surface area contributed by atoms with Crippen molar-refractivity contribution in [1.29, 1.82) is 0 Å². The number of nitrogens with one attached hydrogen (secondary N) is 2. The van der Waals surface area contributed by atoms with Crippen molar-refractivity contribution in [2.45, 2.75) is 13.5 Å². The SMILES string of the molecule is Cc1c(C(=O)NCCN2CCNCC2)nnn1-c1ccc(OC(F)F)cc1. The van der Waals surface area contributed by atoms with Crippen LogP contribution >= 0.6 is 0 Å². The number of hydrogen-bond donors (Lipinski definition) is 2. The van der Waals surface area contributed by atoms with Crippen LogP contribution in [0, 0.1) is 6.92 Å². The lowest BCUT2D eigenvalue weighted by atomic mass is 10.2. The summed E-state index contributed by atoms with van der Waals surface area (Å²) in [5, 5.41) is 14.1. The molecule has 0 spiro atoms. The summed E-state index contributed by atoms with van der Waals surface area (Å²) in [5.41, 5.74) is 1.40. The highest BCUT2D eigenvalue weighted by Gasteiger charge is 2.18. The Bertz CT molecular complexity index is 759. The van der Waals surface area contributed by atoms with Crippen molar-refractivity contribution >= 4 is 5.91 Å². The Kier molecular flexibility index (Phi) is 6.30. The van der Waals surface area contributed by atoms with E-state index in [1.165, 1.54) is 16.8 Å². The fraction of sp³-hybridized carbons (Fsp3) is 0.471. The molecule has 1 amide bonds. The number of halogens is 2. The topological polar surface area (TPSA) is 84.3 Å². The van der Waals surface area contributed by atoms with E-state index in [1.807, 2.05) is 0 Å². The average molecular weight is 380 g/mol. The molecule has 1 aromatic carbocycles. The maximum absolute atomic E-state index is 12.4. The first kappa shape index (κ1) is 19.2. The first-order valence-corrected chi connectivity index (χ1v) is 8.73. The highest BCUT2D eigenvalue weighted by atomic mass is 19.3. The number of piperazine rings is 1. The van der Waals surface area contributed by atoms with E-state index in [1.54, 1.807) is 19.1 Å². The van der Waals surface area contributed by atoms with Crippen LogP contribution in [0.2, 0.25) is 0 Å². The Balaban J connectivity index is 1.59. The molecular weight excluding hydrogens is 358 g/mol. The number of benzene rings is 1. The van der Waals surface area contributed by atoms with Gasteiger partial charge in [-0.05, 0) is 31.2 Å². The molecule has 1 fully saturated rings. The molecule has 27 heavy (non-hydrogen) atoms. The summed E-state index contributed by atoms with van der Waals surface area (Å²) in [5.74, 6) is -0.232. The van der Waals surface area contributed by atoms with Gasteiger partial charge in [0.2, 0.25) is 0 Å². The Hall–Kier alpha value is -2.59. The maximum Gasteiger partial charge on any atom is 0.387 e. The molecule has 1 aromatic heterocycles. The van der Waals surface area contributed by atoms with Crippen LogP contribution in [-0.4, -0.2) is 71.7 Å². The van der Waals surface area contributed by atoms with Gasteiger partial charge in [-0.2, -0.15) is 8.78 Å². The summed E-state index contributed by atoms with van der Waals surface area (Å²) < 4.78 is 30.2. The third-order valence-electron chi connectivity index (χ3n) is 4.34. The second kappa shape index (κ2) is 8.87. The Morgan fingerprint density at radius 3 is 2.67 bits per heavy atom. The van der Waals surface area contributed by atoms with Gasteiger partial charge < -0.3 is 15.4 Å². The molecule has 0 aliphatic carbocycles. The number of alkyl halides is 2. The summed E-state index contributed by atoms with van der Waals surface area (Å²) in [6, 6.07) is 5.97. The standard InChI is InChI=1S/C17H22F2N6O2/c1-12-15(16(26)21-8-11-24-9-6-20-7-10-24)22-23-25(12)13-2-4-14(5-3-13)27-17(18)19/h2-5,17,20H,6-11H2,1H3,(H,21,26). The second-order valence-electron chi connectivity index (χ2n) is 6.16. The predicted molar refractivity (Wildman–Crippen MR) is 94.4 cm³/mol. The molecule has 2 aromatic rings. The zero-order valence-electron chi connectivity index (χ0n) is 15.0. The highest BCUT2D eigenvalue weighted by molar-refractivity contribution is 5.93. The van der Waals surface area contributed by atoms with Gasteiger partial charge in [0.1, 0.15) is 5.75 Å². The molecule has 2 heterocycles. The first-order valence-electron chi connectivity index (χ1n) is 8.73. The van der Waals surface area contributed by atoms with Crippen LogP contribution in [0.5, 0.6) is 5.75 Å². The van der Waals surface area contributed by atoms with Gasteiger partial charge >= 0.3 is 6.61 Å².